The average molecular weight is 446 g/mol. The molecule has 0 saturated heterocycles. The lowest BCUT2D eigenvalue weighted by atomic mass is 10.1. The summed E-state index contributed by atoms with van der Waals surface area (Å²) in [6, 6.07) is -0.995. The Bertz CT molecular complexity index is 603. The Balaban J connectivity index is 4.38. The summed E-state index contributed by atoms with van der Waals surface area (Å²) in [6.07, 6.45) is 2.79. The van der Waals surface area contributed by atoms with E-state index in [0.717, 1.165) is 0 Å². The van der Waals surface area contributed by atoms with Gasteiger partial charge in [-0.1, -0.05) is 26.8 Å². The fourth-order valence-corrected chi connectivity index (χ4v) is 2.87. The molecular weight excluding hydrogens is 406 g/mol. The number of carbonyl (C=O) groups is 3. The number of ether oxygens (including phenoxy) is 3. The third kappa shape index (κ3) is 12.0. The smallest absolute Gasteiger partial charge is 0.408 e. The van der Waals surface area contributed by atoms with Crippen molar-refractivity contribution in [2.24, 2.45) is 0 Å². The number of alkyl carbamates (subject to hydrolysis) is 1. The number of carbonyl (C=O) groups excluding carboxylic acids is 3. The molecule has 0 heterocycles. The van der Waals surface area contributed by atoms with Crippen LogP contribution in [0, 0.1) is 0 Å². The highest BCUT2D eigenvalue weighted by Crippen LogP contribution is 2.36. The number of amides is 1. The van der Waals surface area contributed by atoms with Gasteiger partial charge in [-0.2, -0.15) is 0 Å². The molecule has 9 heteroatoms. The predicted molar refractivity (Wildman–Crippen MR) is 118 cm³/mol. The van der Waals surface area contributed by atoms with Crippen molar-refractivity contribution in [2.45, 2.75) is 84.2 Å². The zero-order chi connectivity index (χ0) is 23.6. The number of esters is 2. The lowest BCUT2D eigenvalue weighted by molar-refractivity contribution is -0.145. The van der Waals surface area contributed by atoms with E-state index in [1.807, 2.05) is 6.08 Å². The minimum atomic E-state index is -1.80. The van der Waals surface area contributed by atoms with Crippen molar-refractivity contribution < 1.29 is 33.0 Å². The molecule has 1 N–H and O–H groups in total. The fraction of sp³-hybridized carbons (Fsp3) is 0.762. The van der Waals surface area contributed by atoms with Crippen molar-refractivity contribution >= 4 is 26.3 Å². The first-order valence-electron chi connectivity index (χ1n) is 10.1. The molecule has 0 saturated carbocycles. The van der Waals surface area contributed by atoms with Gasteiger partial charge in [-0.3, -0.25) is 4.79 Å². The van der Waals surface area contributed by atoms with Crippen LogP contribution in [0.3, 0.4) is 0 Å². The molecule has 0 unspecified atom stereocenters. The zero-order valence-corrected chi connectivity index (χ0v) is 20.9. The van der Waals surface area contributed by atoms with Crippen molar-refractivity contribution in [2.75, 3.05) is 20.3 Å². The molecular formula is C21H39NO7Si. The van der Waals surface area contributed by atoms with Crippen LogP contribution in [0.5, 0.6) is 0 Å². The number of hydrogen-bond donors (Lipinski definition) is 1. The molecule has 0 bridgehead atoms. The van der Waals surface area contributed by atoms with Crippen molar-refractivity contribution in [1.82, 2.24) is 5.32 Å². The van der Waals surface area contributed by atoms with E-state index in [-0.39, 0.29) is 24.5 Å². The molecule has 0 aliphatic carbocycles. The van der Waals surface area contributed by atoms with Crippen molar-refractivity contribution in [3.63, 3.8) is 0 Å². The van der Waals surface area contributed by atoms with Gasteiger partial charge in [-0.15, -0.1) is 0 Å². The van der Waals surface area contributed by atoms with Gasteiger partial charge in [0, 0.05) is 6.42 Å². The number of methoxy groups -OCH3 is 1. The third-order valence-corrected chi connectivity index (χ3v) is 9.17. The summed E-state index contributed by atoms with van der Waals surface area (Å²) < 4.78 is 20.9. The monoisotopic (exact) mass is 445 g/mol. The Morgan fingerprint density at radius 2 is 1.57 bits per heavy atom. The Hall–Kier alpha value is -1.87. The maximum atomic E-state index is 11.9. The Morgan fingerprint density at radius 1 is 1.00 bits per heavy atom. The highest BCUT2D eigenvalue weighted by atomic mass is 28.4. The Labute approximate surface area is 181 Å². The van der Waals surface area contributed by atoms with Gasteiger partial charge in [0.25, 0.3) is 0 Å². The zero-order valence-electron chi connectivity index (χ0n) is 19.9. The van der Waals surface area contributed by atoms with Crippen LogP contribution < -0.4 is 5.32 Å². The van der Waals surface area contributed by atoms with Gasteiger partial charge in [0.2, 0.25) is 0 Å². The van der Waals surface area contributed by atoms with E-state index in [1.54, 1.807) is 26.8 Å². The molecule has 1 atom stereocenters. The first-order chi connectivity index (χ1) is 13.6. The van der Waals surface area contributed by atoms with E-state index < -0.39 is 38.0 Å². The lowest BCUT2D eigenvalue weighted by Crippen LogP contribution is -2.44. The molecule has 0 rings (SSSR count). The molecule has 0 aliphatic rings. The van der Waals surface area contributed by atoms with E-state index in [9.17, 15) is 14.4 Å². The predicted octanol–water partition coefficient (Wildman–Crippen LogP) is 3.95. The first kappa shape index (κ1) is 28.1. The highest BCUT2D eigenvalue weighted by molar-refractivity contribution is 6.74. The summed E-state index contributed by atoms with van der Waals surface area (Å²) in [5, 5.41) is 2.56. The maximum Gasteiger partial charge on any atom is 0.408 e. The quantitative estimate of drug-likeness (QED) is 0.235. The van der Waals surface area contributed by atoms with E-state index in [4.69, 9.17) is 13.9 Å². The van der Waals surface area contributed by atoms with Gasteiger partial charge in [-0.25, -0.2) is 9.59 Å². The van der Waals surface area contributed by atoms with Crippen LogP contribution in [0.1, 0.15) is 54.4 Å². The summed E-state index contributed by atoms with van der Waals surface area (Å²) in [5.74, 6) is -1.14. The van der Waals surface area contributed by atoms with Crippen LogP contribution in [0.15, 0.2) is 12.2 Å². The van der Waals surface area contributed by atoms with Crippen LogP contribution in [0.4, 0.5) is 4.79 Å². The van der Waals surface area contributed by atoms with Gasteiger partial charge < -0.3 is 24.0 Å². The Morgan fingerprint density at radius 3 is 2.07 bits per heavy atom. The molecule has 0 aromatic carbocycles. The first-order valence-corrected chi connectivity index (χ1v) is 13.0. The molecule has 174 valence electrons. The minimum absolute atomic E-state index is 0.0446. The van der Waals surface area contributed by atoms with Crippen molar-refractivity contribution in [3.05, 3.63) is 12.2 Å². The van der Waals surface area contributed by atoms with Crippen molar-refractivity contribution in [1.29, 1.82) is 0 Å². The van der Waals surface area contributed by atoms with Crippen LogP contribution in [0.2, 0.25) is 18.1 Å². The summed E-state index contributed by atoms with van der Waals surface area (Å²) >= 11 is 0. The van der Waals surface area contributed by atoms with Gasteiger partial charge in [0.1, 0.15) is 18.2 Å². The van der Waals surface area contributed by atoms with Crippen LogP contribution in [-0.2, 0) is 28.2 Å². The van der Waals surface area contributed by atoms with Gasteiger partial charge >= 0.3 is 18.0 Å². The molecule has 0 aromatic rings. The van der Waals surface area contributed by atoms with E-state index in [2.05, 4.69) is 43.9 Å². The van der Waals surface area contributed by atoms with Crippen LogP contribution >= 0.6 is 0 Å². The van der Waals surface area contributed by atoms with Crippen LogP contribution in [0.25, 0.3) is 0 Å². The average Bonchev–Trinajstić information content (AvgIpc) is 2.58. The fourth-order valence-electron chi connectivity index (χ4n) is 1.93. The maximum absolute atomic E-state index is 11.9. The summed E-state index contributed by atoms with van der Waals surface area (Å²) in [7, 11) is -0.594. The second-order valence-electron chi connectivity index (χ2n) is 9.49. The summed E-state index contributed by atoms with van der Waals surface area (Å²) in [5.41, 5.74) is -0.704. The molecule has 0 radical (unpaired) electrons. The molecule has 0 aliphatic heterocycles. The number of rotatable bonds is 10. The van der Waals surface area contributed by atoms with E-state index >= 15 is 0 Å². The van der Waals surface area contributed by atoms with Gasteiger partial charge in [-0.05, 0) is 51.4 Å². The number of nitrogens with one attached hydrogen (secondary N) is 1. The van der Waals surface area contributed by atoms with E-state index in [1.165, 1.54) is 7.11 Å². The molecule has 1 amide bonds. The Kier molecular flexibility index (Phi) is 11.3. The number of hydrogen-bond acceptors (Lipinski definition) is 7. The molecule has 0 fully saturated rings. The van der Waals surface area contributed by atoms with Gasteiger partial charge in [0.05, 0.1) is 13.7 Å². The normalized spacial score (nSPS) is 13.6. The second kappa shape index (κ2) is 12.1. The molecule has 30 heavy (non-hydrogen) atoms. The largest absolute Gasteiger partial charge is 0.467 e. The van der Waals surface area contributed by atoms with Crippen LogP contribution in [-0.4, -0.2) is 58.3 Å². The highest BCUT2D eigenvalue weighted by Gasteiger charge is 2.36. The van der Waals surface area contributed by atoms with Crippen molar-refractivity contribution in [3.8, 4) is 0 Å². The topological polar surface area (TPSA) is 100 Å². The molecule has 0 aromatic heterocycles. The standard InChI is InChI=1S/C21H39NO7Si/c1-20(2,3)29-19(25)22-16(18(24)26-7)12-13-17(23)27-14-10-11-15-28-30(8,9)21(4,5)6/h10-11,16H,12-15H2,1-9H3,(H,22,25)/b11-10-/t16-/m0/s1. The summed E-state index contributed by atoms with van der Waals surface area (Å²) in [6.45, 7) is 16.6. The molecule has 0 spiro atoms. The third-order valence-electron chi connectivity index (χ3n) is 4.67. The lowest BCUT2D eigenvalue weighted by Gasteiger charge is -2.35. The second-order valence-corrected chi connectivity index (χ2v) is 14.3. The SMILES string of the molecule is COC(=O)[C@H](CCC(=O)OC/C=C\CO[Si](C)(C)C(C)(C)C)NC(=O)OC(C)(C)C. The van der Waals surface area contributed by atoms with Gasteiger partial charge in [0.15, 0.2) is 8.32 Å². The minimum Gasteiger partial charge on any atom is -0.467 e. The van der Waals surface area contributed by atoms with E-state index in [0.29, 0.717) is 6.61 Å². The molecule has 8 nitrogen and oxygen atoms in total. The summed E-state index contributed by atoms with van der Waals surface area (Å²) in [4.78, 5) is 35.6.